The number of ether oxygens (including phenoxy) is 1. The molecule has 102 valence electrons. The van der Waals surface area contributed by atoms with Crippen molar-refractivity contribution in [3.05, 3.63) is 34.0 Å². The van der Waals surface area contributed by atoms with E-state index in [-0.39, 0.29) is 0 Å². The van der Waals surface area contributed by atoms with Gasteiger partial charge in [-0.05, 0) is 38.5 Å². The molecule has 3 N–H and O–H groups in total. The molecule has 0 atom stereocenters. The van der Waals surface area contributed by atoms with Gasteiger partial charge in [-0.15, -0.1) is 0 Å². The highest BCUT2D eigenvalue weighted by Gasteiger charge is 2.15. The molecule has 19 heavy (non-hydrogen) atoms. The second-order valence-electron chi connectivity index (χ2n) is 4.41. The summed E-state index contributed by atoms with van der Waals surface area (Å²) in [5, 5.41) is 7.89. The largest absolute Gasteiger partial charge is 0.492 e. The van der Waals surface area contributed by atoms with Crippen LogP contribution >= 0.6 is 11.6 Å². The lowest BCUT2D eigenvalue weighted by Gasteiger charge is -2.11. The van der Waals surface area contributed by atoms with E-state index in [1.165, 1.54) is 0 Å². The molecule has 0 fully saturated rings. The van der Waals surface area contributed by atoms with Crippen molar-refractivity contribution in [1.29, 1.82) is 0 Å². The number of H-pyrrole nitrogens is 1. The van der Waals surface area contributed by atoms with Gasteiger partial charge in [-0.2, -0.15) is 5.10 Å². The third-order valence-corrected chi connectivity index (χ3v) is 3.41. The molecule has 2 aromatic rings. The van der Waals surface area contributed by atoms with Gasteiger partial charge in [-0.1, -0.05) is 11.6 Å². The predicted molar refractivity (Wildman–Crippen MR) is 77.6 cm³/mol. The highest BCUT2D eigenvalue weighted by molar-refractivity contribution is 6.32. The van der Waals surface area contributed by atoms with Crippen LogP contribution in [0.5, 0.6) is 5.75 Å². The minimum Gasteiger partial charge on any atom is -0.492 e. The molecule has 0 aliphatic heterocycles. The molecule has 0 aliphatic carbocycles. The summed E-state index contributed by atoms with van der Waals surface area (Å²) in [6, 6.07) is 3.82. The van der Waals surface area contributed by atoms with Crippen molar-refractivity contribution >= 4 is 11.6 Å². The molecule has 0 bridgehead atoms. The van der Waals surface area contributed by atoms with Gasteiger partial charge in [0.1, 0.15) is 5.75 Å². The normalized spacial score (nSPS) is 10.8. The molecule has 2 rings (SSSR count). The van der Waals surface area contributed by atoms with Gasteiger partial charge in [0.25, 0.3) is 0 Å². The van der Waals surface area contributed by atoms with E-state index in [1.54, 1.807) is 0 Å². The molecule has 0 radical (unpaired) electrons. The molecule has 0 spiro atoms. The summed E-state index contributed by atoms with van der Waals surface area (Å²) < 4.78 is 5.49. The number of rotatable bonds is 4. The quantitative estimate of drug-likeness (QED) is 0.903. The molecule has 1 aromatic heterocycles. The van der Waals surface area contributed by atoms with Crippen LogP contribution in [0, 0.1) is 13.8 Å². The van der Waals surface area contributed by atoms with Crippen LogP contribution in [0.4, 0.5) is 0 Å². The van der Waals surface area contributed by atoms with E-state index in [2.05, 4.69) is 10.2 Å². The van der Waals surface area contributed by atoms with Gasteiger partial charge in [0.05, 0.1) is 17.3 Å². The second-order valence-corrected chi connectivity index (χ2v) is 4.82. The summed E-state index contributed by atoms with van der Waals surface area (Å²) in [5.41, 5.74) is 10.7. The average molecular weight is 280 g/mol. The van der Waals surface area contributed by atoms with Gasteiger partial charge in [-0.25, -0.2) is 0 Å². The highest BCUT2D eigenvalue weighted by atomic mass is 35.5. The fraction of sp³-hybridized carbons (Fsp3) is 0.357. The zero-order chi connectivity index (χ0) is 14.0. The van der Waals surface area contributed by atoms with Crippen molar-refractivity contribution in [2.24, 2.45) is 5.73 Å². The lowest BCUT2D eigenvalue weighted by atomic mass is 10.0. The smallest absolute Gasteiger partial charge is 0.138 e. The maximum Gasteiger partial charge on any atom is 0.138 e. The molecule has 1 heterocycles. The summed E-state index contributed by atoms with van der Waals surface area (Å²) >= 11 is 6.24. The van der Waals surface area contributed by atoms with E-state index in [0.717, 1.165) is 28.1 Å². The molecular formula is C14H18ClN3O. The van der Waals surface area contributed by atoms with Gasteiger partial charge in [0.2, 0.25) is 0 Å². The van der Waals surface area contributed by atoms with Crippen molar-refractivity contribution in [1.82, 2.24) is 10.2 Å². The van der Waals surface area contributed by atoms with Crippen LogP contribution in [0.1, 0.15) is 23.7 Å². The van der Waals surface area contributed by atoms with Gasteiger partial charge < -0.3 is 10.5 Å². The third-order valence-electron chi connectivity index (χ3n) is 3.11. The fourth-order valence-corrected chi connectivity index (χ4v) is 2.32. The summed E-state index contributed by atoms with van der Waals surface area (Å²) in [7, 11) is 0. The van der Waals surface area contributed by atoms with Gasteiger partial charge in [-0.3, -0.25) is 5.10 Å². The number of aromatic nitrogens is 2. The van der Waals surface area contributed by atoms with E-state index >= 15 is 0 Å². The average Bonchev–Trinajstić information content (AvgIpc) is 2.74. The Labute approximate surface area is 117 Å². The Balaban J connectivity index is 2.53. The summed E-state index contributed by atoms with van der Waals surface area (Å²) in [4.78, 5) is 0. The standard InChI is InChI=1S/C14H18ClN3O/c1-4-19-13-5-8(2)10(6-12(13)15)14-11(7-16)9(3)17-18-14/h5-6H,4,7,16H2,1-3H3,(H,17,18). The number of halogens is 1. The van der Waals surface area contributed by atoms with Crippen LogP contribution in [0.2, 0.25) is 5.02 Å². The van der Waals surface area contributed by atoms with Crippen LogP contribution < -0.4 is 10.5 Å². The van der Waals surface area contributed by atoms with Crippen LogP contribution in [-0.2, 0) is 6.54 Å². The maximum absolute atomic E-state index is 6.24. The lowest BCUT2D eigenvalue weighted by molar-refractivity contribution is 0.340. The monoisotopic (exact) mass is 279 g/mol. The molecular weight excluding hydrogens is 262 g/mol. The Bertz CT molecular complexity index is 593. The van der Waals surface area contributed by atoms with Crippen molar-refractivity contribution in [2.75, 3.05) is 6.61 Å². The topological polar surface area (TPSA) is 63.9 Å². The van der Waals surface area contributed by atoms with Gasteiger partial charge >= 0.3 is 0 Å². The Morgan fingerprint density at radius 1 is 1.37 bits per heavy atom. The second kappa shape index (κ2) is 5.63. The zero-order valence-corrected chi connectivity index (χ0v) is 12.1. The number of nitrogens with one attached hydrogen (secondary N) is 1. The summed E-state index contributed by atoms with van der Waals surface area (Å²) in [6.07, 6.45) is 0. The number of nitrogens with zero attached hydrogens (tertiary/aromatic N) is 1. The fourth-order valence-electron chi connectivity index (χ4n) is 2.10. The number of aromatic amines is 1. The first-order valence-corrected chi connectivity index (χ1v) is 6.63. The molecule has 4 nitrogen and oxygen atoms in total. The Kier molecular flexibility index (Phi) is 4.12. The first kappa shape index (κ1) is 13.9. The van der Waals surface area contributed by atoms with Crippen molar-refractivity contribution in [2.45, 2.75) is 27.3 Å². The number of hydrogen-bond donors (Lipinski definition) is 2. The third kappa shape index (κ3) is 2.60. The van der Waals surface area contributed by atoms with E-state index in [9.17, 15) is 0 Å². The highest BCUT2D eigenvalue weighted by Crippen LogP contribution is 2.34. The SMILES string of the molecule is CCOc1cc(C)c(-c2n[nH]c(C)c2CN)cc1Cl. The van der Waals surface area contributed by atoms with E-state index < -0.39 is 0 Å². The number of aryl methyl sites for hydroxylation is 2. The minimum absolute atomic E-state index is 0.446. The summed E-state index contributed by atoms with van der Waals surface area (Å²) in [6.45, 7) is 6.95. The van der Waals surface area contributed by atoms with Gasteiger partial charge in [0, 0.05) is 23.4 Å². The molecule has 5 heteroatoms. The van der Waals surface area contributed by atoms with Crippen LogP contribution in [0.25, 0.3) is 11.3 Å². The van der Waals surface area contributed by atoms with Gasteiger partial charge in [0.15, 0.2) is 0 Å². The van der Waals surface area contributed by atoms with Crippen LogP contribution in [-0.4, -0.2) is 16.8 Å². The first-order chi connectivity index (χ1) is 9.08. The minimum atomic E-state index is 0.446. The Morgan fingerprint density at radius 3 is 2.74 bits per heavy atom. The first-order valence-electron chi connectivity index (χ1n) is 6.25. The van der Waals surface area contributed by atoms with Crippen molar-refractivity contribution in [3.63, 3.8) is 0 Å². The Hall–Kier alpha value is -1.52. The van der Waals surface area contributed by atoms with Crippen LogP contribution in [0.3, 0.4) is 0 Å². The molecule has 0 aliphatic rings. The molecule has 0 saturated heterocycles. The van der Waals surface area contributed by atoms with E-state index in [1.807, 2.05) is 32.9 Å². The number of nitrogens with two attached hydrogens (primary N) is 1. The Morgan fingerprint density at radius 2 is 2.11 bits per heavy atom. The van der Waals surface area contributed by atoms with Crippen molar-refractivity contribution < 1.29 is 4.74 Å². The molecule has 0 amide bonds. The number of hydrogen-bond acceptors (Lipinski definition) is 3. The van der Waals surface area contributed by atoms with E-state index in [4.69, 9.17) is 22.1 Å². The molecule has 0 unspecified atom stereocenters. The summed E-state index contributed by atoms with van der Waals surface area (Å²) in [5.74, 6) is 0.701. The number of benzene rings is 1. The lowest BCUT2D eigenvalue weighted by Crippen LogP contribution is -2.00. The maximum atomic E-state index is 6.24. The van der Waals surface area contributed by atoms with Crippen molar-refractivity contribution in [3.8, 4) is 17.0 Å². The molecule has 1 aromatic carbocycles. The van der Waals surface area contributed by atoms with Crippen LogP contribution in [0.15, 0.2) is 12.1 Å². The predicted octanol–water partition coefficient (Wildman–Crippen LogP) is 3.20. The molecule has 0 saturated carbocycles. The van der Waals surface area contributed by atoms with E-state index in [0.29, 0.717) is 23.9 Å². The zero-order valence-electron chi connectivity index (χ0n) is 11.4.